The van der Waals surface area contributed by atoms with Crippen molar-refractivity contribution in [2.75, 3.05) is 40.9 Å². The van der Waals surface area contributed by atoms with E-state index in [4.69, 9.17) is 4.74 Å². The third-order valence-corrected chi connectivity index (χ3v) is 3.32. The molecule has 1 unspecified atom stereocenters. The van der Waals surface area contributed by atoms with Crippen molar-refractivity contribution in [2.24, 2.45) is 0 Å². The topological polar surface area (TPSA) is 24.5 Å². The highest BCUT2D eigenvalue weighted by Crippen LogP contribution is 2.19. The van der Waals surface area contributed by atoms with Gasteiger partial charge in [-0.05, 0) is 39.5 Å². The average Bonchev–Trinajstić information content (AvgIpc) is 2.41. The quantitative estimate of drug-likeness (QED) is 0.696. The number of hydrogen-bond acceptors (Lipinski definition) is 3. The average molecular weight is 268 g/mol. The Bertz CT molecular complexity index is 360. The monoisotopic (exact) mass is 268 g/mol. The van der Waals surface area contributed by atoms with E-state index in [1.807, 2.05) is 19.2 Å². The Morgan fingerprint density at radius 1 is 1.32 bits per heavy atom. The largest absolute Gasteiger partial charge is 0.385 e. The molecule has 0 aliphatic rings. The molecule has 0 aromatic heterocycles. The molecule has 0 aliphatic heterocycles. The van der Waals surface area contributed by atoms with Gasteiger partial charge in [0.1, 0.15) is 5.82 Å². The minimum absolute atomic E-state index is 0.0612. The Kier molecular flexibility index (Phi) is 7.63. The highest BCUT2D eigenvalue weighted by Gasteiger charge is 2.13. The molecule has 3 nitrogen and oxygen atoms in total. The van der Waals surface area contributed by atoms with E-state index in [0.29, 0.717) is 0 Å². The van der Waals surface area contributed by atoms with Crippen molar-refractivity contribution in [3.8, 4) is 0 Å². The highest BCUT2D eigenvalue weighted by molar-refractivity contribution is 5.21. The summed E-state index contributed by atoms with van der Waals surface area (Å²) in [6.45, 7) is 2.72. The van der Waals surface area contributed by atoms with Crippen LogP contribution in [0.4, 0.5) is 4.39 Å². The smallest absolute Gasteiger partial charge is 0.127 e. The van der Waals surface area contributed by atoms with Gasteiger partial charge in [0.15, 0.2) is 0 Å². The predicted molar refractivity (Wildman–Crippen MR) is 76.8 cm³/mol. The second-order valence-electron chi connectivity index (χ2n) is 4.80. The Hall–Kier alpha value is -0.970. The minimum Gasteiger partial charge on any atom is -0.385 e. The number of halogens is 1. The van der Waals surface area contributed by atoms with E-state index in [0.717, 1.165) is 38.1 Å². The van der Waals surface area contributed by atoms with Gasteiger partial charge in [0, 0.05) is 31.9 Å². The maximum absolute atomic E-state index is 13.7. The lowest BCUT2D eigenvalue weighted by Crippen LogP contribution is -2.27. The molecule has 0 spiro atoms. The van der Waals surface area contributed by atoms with E-state index >= 15 is 0 Å². The van der Waals surface area contributed by atoms with Crippen LogP contribution in [0.2, 0.25) is 0 Å². The fourth-order valence-corrected chi connectivity index (χ4v) is 2.15. The van der Waals surface area contributed by atoms with E-state index in [-0.39, 0.29) is 11.9 Å². The molecular formula is C15H25FN2O. The maximum Gasteiger partial charge on any atom is 0.127 e. The van der Waals surface area contributed by atoms with Crippen molar-refractivity contribution < 1.29 is 9.13 Å². The SMILES string of the molecule is CNC(CCN(C)CCCOC)c1ccccc1F. The minimum atomic E-state index is -0.135. The highest BCUT2D eigenvalue weighted by atomic mass is 19.1. The van der Waals surface area contributed by atoms with E-state index in [1.165, 1.54) is 6.07 Å². The van der Waals surface area contributed by atoms with Gasteiger partial charge < -0.3 is 15.0 Å². The Morgan fingerprint density at radius 2 is 2.05 bits per heavy atom. The van der Waals surface area contributed by atoms with E-state index in [1.54, 1.807) is 13.2 Å². The maximum atomic E-state index is 13.7. The molecule has 0 radical (unpaired) electrons. The number of ether oxygens (including phenoxy) is 1. The van der Waals surface area contributed by atoms with Gasteiger partial charge in [-0.3, -0.25) is 0 Å². The number of benzene rings is 1. The number of methoxy groups -OCH3 is 1. The molecule has 1 N–H and O–H groups in total. The summed E-state index contributed by atoms with van der Waals surface area (Å²) in [6.07, 6.45) is 1.91. The van der Waals surface area contributed by atoms with Gasteiger partial charge in [-0.1, -0.05) is 18.2 Å². The molecule has 1 atom stereocenters. The Balaban J connectivity index is 2.43. The zero-order valence-electron chi connectivity index (χ0n) is 12.2. The van der Waals surface area contributed by atoms with Gasteiger partial charge in [-0.25, -0.2) is 4.39 Å². The van der Waals surface area contributed by atoms with Crippen LogP contribution in [0.25, 0.3) is 0 Å². The normalized spacial score (nSPS) is 12.9. The molecule has 0 aliphatic carbocycles. The molecule has 19 heavy (non-hydrogen) atoms. The van der Waals surface area contributed by atoms with Crippen LogP contribution < -0.4 is 5.32 Å². The first-order valence-electron chi connectivity index (χ1n) is 6.78. The molecule has 0 amide bonds. The van der Waals surface area contributed by atoms with Crippen LogP contribution in [-0.2, 0) is 4.74 Å². The second kappa shape index (κ2) is 9.02. The summed E-state index contributed by atoms with van der Waals surface area (Å²) < 4.78 is 18.8. The number of nitrogens with zero attached hydrogens (tertiary/aromatic N) is 1. The van der Waals surface area contributed by atoms with E-state index in [9.17, 15) is 4.39 Å². The second-order valence-corrected chi connectivity index (χ2v) is 4.80. The molecular weight excluding hydrogens is 243 g/mol. The van der Waals surface area contributed by atoms with Crippen molar-refractivity contribution >= 4 is 0 Å². The van der Waals surface area contributed by atoms with Gasteiger partial charge in [0.25, 0.3) is 0 Å². The van der Waals surface area contributed by atoms with Gasteiger partial charge in [-0.2, -0.15) is 0 Å². The molecule has 0 heterocycles. The molecule has 4 heteroatoms. The molecule has 1 aromatic carbocycles. The van der Waals surface area contributed by atoms with Crippen LogP contribution in [0.15, 0.2) is 24.3 Å². The first-order valence-corrected chi connectivity index (χ1v) is 6.78. The summed E-state index contributed by atoms with van der Waals surface area (Å²) in [6, 6.07) is 7.03. The first kappa shape index (κ1) is 16.1. The molecule has 0 saturated heterocycles. The zero-order chi connectivity index (χ0) is 14.1. The summed E-state index contributed by atoms with van der Waals surface area (Å²) in [5, 5.41) is 3.19. The predicted octanol–water partition coefficient (Wildman–Crippen LogP) is 2.44. The molecule has 0 saturated carbocycles. The Labute approximate surface area is 115 Å². The zero-order valence-corrected chi connectivity index (χ0v) is 12.2. The molecule has 0 fully saturated rings. The van der Waals surface area contributed by atoms with Crippen LogP contribution in [0.5, 0.6) is 0 Å². The lowest BCUT2D eigenvalue weighted by molar-refractivity contribution is 0.178. The molecule has 1 rings (SSSR count). The lowest BCUT2D eigenvalue weighted by atomic mass is 10.0. The van der Waals surface area contributed by atoms with Crippen LogP contribution in [0.3, 0.4) is 0 Å². The summed E-state index contributed by atoms with van der Waals surface area (Å²) in [7, 11) is 5.68. The number of nitrogens with one attached hydrogen (secondary N) is 1. The van der Waals surface area contributed by atoms with Gasteiger partial charge in [0.2, 0.25) is 0 Å². The molecule has 1 aromatic rings. The van der Waals surface area contributed by atoms with E-state index in [2.05, 4.69) is 17.3 Å². The van der Waals surface area contributed by atoms with Crippen molar-refractivity contribution in [1.82, 2.24) is 10.2 Å². The van der Waals surface area contributed by atoms with Crippen molar-refractivity contribution in [3.63, 3.8) is 0 Å². The van der Waals surface area contributed by atoms with Gasteiger partial charge in [-0.15, -0.1) is 0 Å². The van der Waals surface area contributed by atoms with Crippen LogP contribution >= 0.6 is 0 Å². The fraction of sp³-hybridized carbons (Fsp3) is 0.600. The molecule has 0 bridgehead atoms. The summed E-state index contributed by atoms with van der Waals surface area (Å²) in [5.74, 6) is -0.135. The van der Waals surface area contributed by atoms with Crippen molar-refractivity contribution in [3.05, 3.63) is 35.6 Å². The fourth-order valence-electron chi connectivity index (χ4n) is 2.15. The molecule has 108 valence electrons. The van der Waals surface area contributed by atoms with Crippen molar-refractivity contribution in [1.29, 1.82) is 0 Å². The third kappa shape index (κ3) is 5.68. The first-order chi connectivity index (χ1) is 9.19. The van der Waals surface area contributed by atoms with Gasteiger partial charge in [0.05, 0.1) is 0 Å². The summed E-state index contributed by atoms with van der Waals surface area (Å²) >= 11 is 0. The van der Waals surface area contributed by atoms with Crippen LogP contribution in [0, 0.1) is 5.82 Å². The van der Waals surface area contributed by atoms with Gasteiger partial charge >= 0.3 is 0 Å². The summed E-state index contributed by atoms with van der Waals surface area (Å²) in [4.78, 5) is 2.25. The van der Waals surface area contributed by atoms with Crippen LogP contribution in [-0.4, -0.2) is 45.8 Å². The number of rotatable bonds is 9. The Morgan fingerprint density at radius 3 is 2.68 bits per heavy atom. The van der Waals surface area contributed by atoms with Crippen molar-refractivity contribution in [2.45, 2.75) is 18.9 Å². The number of hydrogen-bond donors (Lipinski definition) is 1. The standard InChI is InChI=1S/C15H25FN2O/c1-17-15(13-7-4-5-8-14(13)16)9-11-18(2)10-6-12-19-3/h4-5,7-8,15,17H,6,9-12H2,1-3H3. The van der Waals surface area contributed by atoms with E-state index < -0.39 is 0 Å². The van der Waals surface area contributed by atoms with Crippen LogP contribution in [0.1, 0.15) is 24.4 Å². The lowest BCUT2D eigenvalue weighted by Gasteiger charge is -2.22. The summed E-state index contributed by atoms with van der Waals surface area (Å²) in [5.41, 5.74) is 0.746. The third-order valence-electron chi connectivity index (χ3n) is 3.32.